The van der Waals surface area contributed by atoms with Crippen molar-refractivity contribution in [2.24, 2.45) is 5.92 Å². The number of aliphatic hydroxyl groups excluding tert-OH is 2. The van der Waals surface area contributed by atoms with Crippen molar-refractivity contribution in [3.8, 4) is 5.75 Å². The summed E-state index contributed by atoms with van der Waals surface area (Å²) in [6, 6.07) is 13.7. The molecule has 2 N–H and O–H groups in total. The zero-order valence-electron chi connectivity index (χ0n) is 17.3. The SMILES string of the molecule is Cl.OC(COCCOc1ccc(Br)cc1)CN1CCC(C(O)c2ccc(F)cc2)CC1. The molecule has 1 fully saturated rings. The van der Waals surface area contributed by atoms with E-state index in [1.54, 1.807) is 12.1 Å². The molecule has 2 aromatic rings. The molecule has 1 heterocycles. The first-order valence-corrected chi connectivity index (χ1v) is 11.1. The summed E-state index contributed by atoms with van der Waals surface area (Å²) < 4.78 is 25.2. The van der Waals surface area contributed by atoms with Gasteiger partial charge in [0.25, 0.3) is 0 Å². The normalized spacial score (nSPS) is 17.0. The Kier molecular flexibility index (Phi) is 11.2. The molecule has 0 aromatic heterocycles. The minimum absolute atomic E-state index is 0. The van der Waals surface area contributed by atoms with Crippen LogP contribution >= 0.6 is 28.3 Å². The Morgan fingerprint density at radius 1 is 1.00 bits per heavy atom. The summed E-state index contributed by atoms with van der Waals surface area (Å²) in [5.74, 6) is 0.640. The van der Waals surface area contributed by atoms with Crippen molar-refractivity contribution in [1.82, 2.24) is 4.90 Å². The summed E-state index contributed by atoms with van der Waals surface area (Å²) in [7, 11) is 0. The fraction of sp³-hybridized carbons (Fsp3) is 0.478. The van der Waals surface area contributed by atoms with E-state index in [2.05, 4.69) is 20.8 Å². The van der Waals surface area contributed by atoms with Crippen molar-refractivity contribution in [3.05, 3.63) is 64.4 Å². The van der Waals surface area contributed by atoms with Crippen LogP contribution in [0.3, 0.4) is 0 Å². The van der Waals surface area contributed by atoms with E-state index in [1.165, 1.54) is 12.1 Å². The number of piperidine rings is 1. The maximum atomic E-state index is 13.1. The molecular weight excluding hydrogens is 489 g/mol. The minimum atomic E-state index is -0.577. The summed E-state index contributed by atoms with van der Waals surface area (Å²) in [6.07, 6.45) is 0.545. The van der Waals surface area contributed by atoms with E-state index in [1.807, 2.05) is 24.3 Å². The van der Waals surface area contributed by atoms with Gasteiger partial charge in [-0.2, -0.15) is 0 Å². The highest BCUT2D eigenvalue weighted by molar-refractivity contribution is 9.10. The Morgan fingerprint density at radius 2 is 1.65 bits per heavy atom. The lowest BCUT2D eigenvalue weighted by molar-refractivity contribution is -0.00446. The van der Waals surface area contributed by atoms with Crippen molar-refractivity contribution in [3.63, 3.8) is 0 Å². The summed E-state index contributed by atoms with van der Waals surface area (Å²) >= 11 is 3.38. The number of β-amino-alcohol motifs (C(OH)–C–C–N with tert-alkyl or cyclic N) is 1. The van der Waals surface area contributed by atoms with E-state index < -0.39 is 12.2 Å². The van der Waals surface area contributed by atoms with Crippen LogP contribution in [0.5, 0.6) is 5.75 Å². The summed E-state index contributed by atoms with van der Waals surface area (Å²) in [6.45, 7) is 3.29. The molecule has 0 spiro atoms. The second-order valence-corrected chi connectivity index (χ2v) is 8.58. The first kappa shape index (κ1) is 26.0. The quantitative estimate of drug-likeness (QED) is 0.462. The van der Waals surface area contributed by atoms with Gasteiger partial charge < -0.3 is 24.6 Å². The number of hydrogen-bond donors (Lipinski definition) is 2. The molecule has 0 radical (unpaired) electrons. The van der Waals surface area contributed by atoms with Crippen molar-refractivity contribution < 1.29 is 24.1 Å². The Labute approximate surface area is 197 Å². The van der Waals surface area contributed by atoms with Crippen LogP contribution in [0.1, 0.15) is 24.5 Å². The van der Waals surface area contributed by atoms with Gasteiger partial charge >= 0.3 is 0 Å². The molecule has 3 rings (SSSR count). The maximum absolute atomic E-state index is 13.1. The number of halogens is 3. The highest BCUT2D eigenvalue weighted by Crippen LogP contribution is 2.30. The van der Waals surface area contributed by atoms with E-state index in [-0.39, 0.29) is 30.7 Å². The van der Waals surface area contributed by atoms with Crippen LogP contribution in [0.25, 0.3) is 0 Å². The molecular formula is C23H30BrClFNO4. The molecule has 2 unspecified atom stereocenters. The monoisotopic (exact) mass is 517 g/mol. The predicted octanol–water partition coefficient (Wildman–Crippen LogP) is 4.21. The first-order chi connectivity index (χ1) is 14.5. The first-order valence-electron chi connectivity index (χ1n) is 10.3. The number of nitrogens with zero attached hydrogens (tertiary/aromatic N) is 1. The Morgan fingerprint density at radius 3 is 2.29 bits per heavy atom. The lowest BCUT2D eigenvalue weighted by Gasteiger charge is -2.35. The smallest absolute Gasteiger partial charge is 0.123 e. The summed E-state index contributed by atoms with van der Waals surface area (Å²) in [4.78, 5) is 2.19. The average Bonchev–Trinajstić information content (AvgIpc) is 2.75. The predicted molar refractivity (Wildman–Crippen MR) is 124 cm³/mol. The van der Waals surface area contributed by atoms with Gasteiger partial charge in [0.15, 0.2) is 0 Å². The Hall–Kier alpha value is -1.22. The van der Waals surface area contributed by atoms with Gasteiger partial charge in [0.05, 0.1) is 25.4 Å². The molecule has 1 saturated heterocycles. The third-order valence-corrected chi connectivity index (χ3v) is 5.91. The molecule has 172 valence electrons. The van der Waals surface area contributed by atoms with Crippen LogP contribution in [-0.2, 0) is 4.74 Å². The molecule has 0 bridgehead atoms. The van der Waals surface area contributed by atoms with Gasteiger partial charge in [-0.25, -0.2) is 4.39 Å². The number of rotatable bonds is 10. The van der Waals surface area contributed by atoms with Crippen molar-refractivity contribution in [1.29, 1.82) is 0 Å². The molecule has 0 saturated carbocycles. The molecule has 0 aliphatic carbocycles. The topological polar surface area (TPSA) is 62.2 Å². The average molecular weight is 519 g/mol. The lowest BCUT2D eigenvalue weighted by Crippen LogP contribution is -2.41. The van der Waals surface area contributed by atoms with E-state index in [4.69, 9.17) is 9.47 Å². The third-order valence-electron chi connectivity index (χ3n) is 5.38. The van der Waals surface area contributed by atoms with E-state index in [0.29, 0.717) is 19.8 Å². The maximum Gasteiger partial charge on any atom is 0.123 e. The van der Waals surface area contributed by atoms with Crippen molar-refractivity contribution in [2.45, 2.75) is 25.0 Å². The minimum Gasteiger partial charge on any atom is -0.491 e. The van der Waals surface area contributed by atoms with E-state index >= 15 is 0 Å². The zero-order chi connectivity index (χ0) is 21.3. The number of aliphatic hydroxyl groups is 2. The largest absolute Gasteiger partial charge is 0.491 e. The fourth-order valence-corrected chi connectivity index (χ4v) is 3.97. The Bertz CT molecular complexity index is 757. The van der Waals surface area contributed by atoms with Gasteiger partial charge in [0, 0.05) is 11.0 Å². The molecule has 31 heavy (non-hydrogen) atoms. The highest BCUT2D eigenvalue weighted by atomic mass is 79.9. The summed E-state index contributed by atoms with van der Waals surface area (Å²) in [5, 5.41) is 20.8. The van der Waals surface area contributed by atoms with E-state index in [0.717, 1.165) is 41.7 Å². The van der Waals surface area contributed by atoms with Crippen LogP contribution in [0.2, 0.25) is 0 Å². The van der Waals surface area contributed by atoms with Gasteiger partial charge in [0.1, 0.15) is 18.2 Å². The second kappa shape index (κ2) is 13.4. The molecule has 8 heteroatoms. The number of ether oxygens (including phenoxy) is 2. The van der Waals surface area contributed by atoms with Crippen LogP contribution in [0.15, 0.2) is 53.0 Å². The number of benzene rings is 2. The standard InChI is InChI=1S/C23H29BrFNO4.ClH/c24-19-3-7-22(8-4-19)30-14-13-29-16-21(27)15-26-11-9-18(10-12-26)23(28)17-1-5-20(25)6-2-17;/h1-8,18,21,23,27-28H,9-16H2;1H. The van der Waals surface area contributed by atoms with Crippen LogP contribution in [0.4, 0.5) is 4.39 Å². The highest BCUT2D eigenvalue weighted by Gasteiger charge is 2.27. The number of likely N-dealkylation sites (tertiary alicyclic amines) is 1. The van der Waals surface area contributed by atoms with Crippen LogP contribution in [-0.4, -0.2) is 60.7 Å². The van der Waals surface area contributed by atoms with E-state index in [9.17, 15) is 14.6 Å². The van der Waals surface area contributed by atoms with Crippen LogP contribution < -0.4 is 4.74 Å². The molecule has 2 atom stereocenters. The van der Waals surface area contributed by atoms with Crippen LogP contribution in [0, 0.1) is 11.7 Å². The van der Waals surface area contributed by atoms with Crippen molar-refractivity contribution in [2.75, 3.05) is 39.5 Å². The second-order valence-electron chi connectivity index (χ2n) is 7.67. The number of hydrogen-bond acceptors (Lipinski definition) is 5. The van der Waals surface area contributed by atoms with Gasteiger partial charge in [-0.15, -0.1) is 12.4 Å². The molecule has 1 aliphatic rings. The van der Waals surface area contributed by atoms with Gasteiger partial charge in [-0.3, -0.25) is 0 Å². The zero-order valence-corrected chi connectivity index (χ0v) is 19.7. The van der Waals surface area contributed by atoms with Crippen molar-refractivity contribution >= 4 is 28.3 Å². The third kappa shape index (κ3) is 8.67. The molecule has 2 aromatic carbocycles. The van der Waals surface area contributed by atoms with Gasteiger partial charge in [-0.1, -0.05) is 28.1 Å². The lowest BCUT2D eigenvalue weighted by atomic mass is 9.87. The molecule has 5 nitrogen and oxygen atoms in total. The van der Waals surface area contributed by atoms with Gasteiger partial charge in [0.2, 0.25) is 0 Å². The van der Waals surface area contributed by atoms with Gasteiger partial charge in [-0.05, 0) is 73.8 Å². The summed E-state index contributed by atoms with van der Waals surface area (Å²) in [5.41, 5.74) is 0.758. The molecule has 0 amide bonds. The Balaban J connectivity index is 0.00000341. The molecule has 1 aliphatic heterocycles. The fourth-order valence-electron chi connectivity index (χ4n) is 3.70.